The summed E-state index contributed by atoms with van der Waals surface area (Å²) in [4.78, 5) is 0. The van der Waals surface area contributed by atoms with Crippen molar-refractivity contribution in [3.05, 3.63) is 30.0 Å². The predicted octanol–water partition coefficient (Wildman–Crippen LogP) is 3.71. The number of ether oxygens (including phenoxy) is 1. The van der Waals surface area contributed by atoms with Crippen molar-refractivity contribution < 1.29 is 9.15 Å². The lowest BCUT2D eigenvalue weighted by atomic mass is 9.93. The minimum absolute atomic E-state index is 0.266. The Labute approximate surface area is 108 Å². The van der Waals surface area contributed by atoms with Crippen LogP contribution in [0, 0.1) is 5.41 Å². The highest BCUT2D eigenvalue weighted by molar-refractivity contribution is 5.85. The molecule has 0 atom stereocenters. The molecule has 0 bridgehead atoms. The molecule has 1 aromatic carbocycles. The molecule has 0 fully saturated rings. The topological polar surface area (TPSA) is 48.4 Å². The molecule has 1 heterocycles. The zero-order valence-electron chi connectivity index (χ0n) is 11.3. The normalized spacial score (nSPS) is 12.0. The number of nitrogens with two attached hydrogens (primary N) is 1. The molecule has 0 aliphatic heterocycles. The average molecular weight is 247 g/mol. The molecule has 0 saturated heterocycles. The summed E-state index contributed by atoms with van der Waals surface area (Å²) in [6, 6.07) is 7.87. The zero-order chi connectivity index (χ0) is 13.2. The summed E-state index contributed by atoms with van der Waals surface area (Å²) in [5.41, 5.74) is 6.80. The van der Waals surface area contributed by atoms with Crippen LogP contribution in [-0.2, 0) is 6.54 Å². The number of para-hydroxylation sites is 1. The van der Waals surface area contributed by atoms with Crippen LogP contribution in [-0.4, -0.2) is 6.61 Å². The Balaban J connectivity index is 2.20. The molecule has 0 saturated carbocycles. The average Bonchev–Trinajstić information content (AvgIpc) is 2.66. The SMILES string of the molecule is CC(C)(C)CCOc1c(CN)oc2ccccc12. The number of fused-ring (bicyclic) bond motifs is 1. The summed E-state index contributed by atoms with van der Waals surface area (Å²) >= 11 is 0. The van der Waals surface area contributed by atoms with Gasteiger partial charge in [0.1, 0.15) is 5.58 Å². The standard InChI is InChI=1S/C15H21NO2/c1-15(2,3)8-9-17-14-11-6-4-5-7-12(11)18-13(14)10-16/h4-7H,8-10,16H2,1-3H3. The molecule has 0 aliphatic carbocycles. The third-order valence-electron chi connectivity index (χ3n) is 2.90. The second-order valence-corrected chi connectivity index (χ2v) is 5.71. The van der Waals surface area contributed by atoms with Gasteiger partial charge in [0.2, 0.25) is 0 Å². The number of rotatable bonds is 4. The summed E-state index contributed by atoms with van der Waals surface area (Å²) in [5.74, 6) is 1.53. The largest absolute Gasteiger partial charge is 0.489 e. The van der Waals surface area contributed by atoms with Gasteiger partial charge in [-0.2, -0.15) is 0 Å². The third-order valence-corrected chi connectivity index (χ3v) is 2.90. The first-order chi connectivity index (χ1) is 8.51. The fourth-order valence-corrected chi connectivity index (χ4v) is 1.82. The van der Waals surface area contributed by atoms with E-state index in [0.717, 1.165) is 28.9 Å². The maximum Gasteiger partial charge on any atom is 0.169 e. The lowest BCUT2D eigenvalue weighted by Crippen LogP contribution is -2.11. The van der Waals surface area contributed by atoms with E-state index >= 15 is 0 Å². The highest BCUT2D eigenvalue weighted by Gasteiger charge is 2.16. The van der Waals surface area contributed by atoms with E-state index in [1.165, 1.54) is 0 Å². The third kappa shape index (κ3) is 2.85. The van der Waals surface area contributed by atoms with Crippen LogP contribution in [0.15, 0.2) is 28.7 Å². The van der Waals surface area contributed by atoms with Gasteiger partial charge in [0, 0.05) is 0 Å². The van der Waals surface area contributed by atoms with Crippen molar-refractivity contribution in [3.63, 3.8) is 0 Å². The molecule has 2 aromatic rings. The molecule has 98 valence electrons. The Morgan fingerprint density at radius 3 is 2.61 bits per heavy atom. The molecule has 3 heteroatoms. The molecule has 0 spiro atoms. The van der Waals surface area contributed by atoms with Crippen LogP contribution in [0.2, 0.25) is 0 Å². The second-order valence-electron chi connectivity index (χ2n) is 5.71. The Hall–Kier alpha value is -1.48. The highest BCUT2D eigenvalue weighted by Crippen LogP contribution is 2.33. The summed E-state index contributed by atoms with van der Waals surface area (Å²) < 4.78 is 11.6. The van der Waals surface area contributed by atoms with Crippen LogP contribution in [0.4, 0.5) is 0 Å². The lowest BCUT2D eigenvalue weighted by Gasteiger charge is -2.18. The summed E-state index contributed by atoms with van der Waals surface area (Å²) in [5, 5.41) is 1.01. The van der Waals surface area contributed by atoms with Crippen molar-refractivity contribution in [2.75, 3.05) is 6.61 Å². The van der Waals surface area contributed by atoms with Crippen LogP contribution >= 0.6 is 0 Å². The van der Waals surface area contributed by atoms with Gasteiger partial charge in [-0.05, 0) is 24.0 Å². The minimum atomic E-state index is 0.266. The molecule has 0 aliphatic rings. The quantitative estimate of drug-likeness (QED) is 0.896. The molecule has 3 nitrogen and oxygen atoms in total. The van der Waals surface area contributed by atoms with Crippen molar-refractivity contribution in [2.45, 2.75) is 33.7 Å². The predicted molar refractivity (Wildman–Crippen MR) is 73.7 cm³/mol. The molecule has 18 heavy (non-hydrogen) atoms. The summed E-state index contributed by atoms with van der Waals surface area (Å²) in [6.45, 7) is 7.65. The van der Waals surface area contributed by atoms with Gasteiger partial charge >= 0.3 is 0 Å². The van der Waals surface area contributed by atoms with E-state index < -0.39 is 0 Å². The Bertz CT molecular complexity index is 523. The van der Waals surface area contributed by atoms with E-state index in [0.29, 0.717) is 13.2 Å². The molecule has 2 rings (SSSR count). The summed E-state index contributed by atoms with van der Waals surface area (Å²) in [6.07, 6.45) is 0.997. The van der Waals surface area contributed by atoms with Crippen molar-refractivity contribution in [1.82, 2.24) is 0 Å². The first-order valence-electron chi connectivity index (χ1n) is 6.34. The molecule has 0 radical (unpaired) electrons. The van der Waals surface area contributed by atoms with E-state index in [-0.39, 0.29) is 5.41 Å². The Morgan fingerprint density at radius 1 is 1.22 bits per heavy atom. The first kappa shape index (κ1) is 13.0. The van der Waals surface area contributed by atoms with Gasteiger partial charge in [0.05, 0.1) is 18.5 Å². The number of hydrogen-bond acceptors (Lipinski definition) is 3. The maximum absolute atomic E-state index is 5.88. The number of benzene rings is 1. The van der Waals surface area contributed by atoms with Gasteiger partial charge in [-0.1, -0.05) is 32.9 Å². The van der Waals surface area contributed by atoms with Crippen LogP contribution in [0.3, 0.4) is 0 Å². The number of hydrogen-bond donors (Lipinski definition) is 1. The van der Waals surface area contributed by atoms with E-state index in [1.54, 1.807) is 0 Å². The first-order valence-corrected chi connectivity index (χ1v) is 6.34. The lowest BCUT2D eigenvalue weighted by molar-refractivity contribution is 0.240. The van der Waals surface area contributed by atoms with Crippen LogP contribution < -0.4 is 10.5 Å². The zero-order valence-corrected chi connectivity index (χ0v) is 11.3. The Kier molecular flexibility index (Phi) is 3.62. The van der Waals surface area contributed by atoms with E-state index in [1.807, 2.05) is 24.3 Å². The number of furan rings is 1. The molecule has 0 amide bonds. The van der Waals surface area contributed by atoms with Gasteiger partial charge in [0.15, 0.2) is 11.5 Å². The highest BCUT2D eigenvalue weighted by atomic mass is 16.5. The molecule has 0 unspecified atom stereocenters. The van der Waals surface area contributed by atoms with Crippen molar-refractivity contribution in [2.24, 2.45) is 11.1 Å². The van der Waals surface area contributed by atoms with Crippen LogP contribution in [0.25, 0.3) is 11.0 Å². The monoisotopic (exact) mass is 247 g/mol. The van der Waals surface area contributed by atoms with Crippen molar-refractivity contribution in [1.29, 1.82) is 0 Å². The van der Waals surface area contributed by atoms with E-state index in [9.17, 15) is 0 Å². The second kappa shape index (κ2) is 5.02. The molecule has 2 N–H and O–H groups in total. The van der Waals surface area contributed by atoms with E-state index in [2.05, 4.69) is 20.8 Å². The fraction of sp³-hybridized carbons (Fsp3) is 0.467. The van der Waals surface area contributed by atoms with E-state index in [4.69, 9.17) is 14.9 Å². The van der Waals surface area contributed by atoms with Gasteiger partial charge in [-0.25, -0.2) is 0 Å². The van der Waals surface area contributed by atoms with Crippen LogP contribution in [0.5, 0.6) is 5.75 Å². The molecule has 1 aromatic heterocycles. The van der Waals surface area contributed by atoms with Gasteiger partial charge in [-0.15, -0.1) is 0 Å². The fourth-order valence-electron chi connectivity index (χ4n) is 1.82. The van der Waals surface area contributed by atoms with Crippen molar-refractivity contribution >= 4 is 11.0 Å². The molecular weight excluding hydrogens is 226 g/mol. The van der Waals surface area contributed by atoms with Gasteiger partial charge in [-0.3, -0.25) is 0 Å². The minimum Gasteiger partial charge on any atom is -0.489 e. The van der Waals surface area contributed by atoms with Gasteiger partial charge < -0.3 is 14.9 Å². The summed E-state index contributed by atoms with van der Waals surface area (Å²) in [7, 11) is 0. The Morgan fingerprint density at radius 2 is 1.94 bits per heavy atom. The smallest absolute Gasteiger partial charge is 0.169 e. The maximum atomic E-state index is 5.88. The van der Waals surface area contributed by atoms with Crippen molar-refractivity contribution in [3.8, 4) is 5.75 Å². The van der Waals surface area contributed by atoms with Crippen LogP contribution in [0.1, 0.15) is 33.0 Å². The molecular formula is C15H21NO2. The van der Waals surface area contributed by atoms with Gasteiger partial charge in [0.25, 0.3) is 0 Å².